The van der Waals surface area contributed by atoms with Gasteiger partial charge in [-0.05, 0) is 18.9 Å². The second-order valence-electron chi connectivity index (χ2n) is 5.09. The van der Waals surface area contributed by atoms with Gasteiger partial charge in [0, 0.05) is 25.4 Å². The minimum Gasteiger partial charge on any atom is -0.476 e. The third kappa shape index (κ3) is 3.01. The van der Waals surface area contributed by atoms with Crippen molar-refractivity contribution in [2.45, 2.75) is 25.7 Å². The van der Waals surface area contributed by atoms with E-state index in [-0.39, 0.29) is 5.69 Å². The number of carboxylic acids is 1. The van der Waals surface area contributed by atoms with Crippen molar-refractivity contribution >= 4 is 11.8 Å². The van der Waals surface area contributed by atoms with Crippen molar-refractivity contribution in [2.24, 2.45) is 0 Å². The van der Waals surface area contributed by atoms with E-state index >= 15 is 0 Å². The average molecular weight is 287 g/mol. The van der Waals surface area contributed by atoms with Crippen LogP contribution in [0.25, 0.3) is 5.82 Å². The zero-order valence-corrected chi connectivity index (χ0v) is 11.6. The average Bonchev–Trinajstić information content (AvgIpc) is 2.84. The maximum Gasteiger partial charge on any atom is 0.356 e. The molecule has 1 saturated heterocycles. The number of carboxylic acid groups (broad SMARTS) is 1. The fraction of sp³-hybridized carbons (Fsp3) is 0.429. The topological polar surface area (TPSA) is 84.1 Å². The van der Waals surface area contributed by atoms with E-state index in [1.807, 2.05) is 6.07 Å². The molecular formula is C14H17N5O2. The molecule has 110 valence electrons. The molecule has 0 aromatic carbocycles. The molecule has 0 atom stereocenters. The Morgan fingerprint density at radius 3 is 2.48 bits per heavy atom. The molecule has 0 amide bonds. The first-order chi connectivity index (χ1) is 10.2. The maximum absolute atomic E-state index is 10.9. The van der Waals surface area contributed by atoms with E-state index in [1.165, 1.54) is 42.8 Å². The molecule has 1 fully saturated rings. The van der Waals surface area contributed by atoms with E-state index in [0.29, 0.717) is 5.82 Å². The van der Waals surface area contributed by atoms with Gasteiger partial charge in [-0.3, -0.25) is 0 Å². The van der Waals surface area contributed by atoms with Gasteiger partial charge in [0.05, 0.1) is 0 Å². The molecular weight excluding hydrogens is 270 g/mol. The highest BCUT2D eigenvalue weighted by atomic mass is 16.4. The van der Waals surface area contributed by atoms with E-state index in [1.54, 1.807) is 6.20 Å². The van der Waals surface area contributed by atoms with Crippen LogP contribution in [-0.2, 0) is 0 Å². The Bertz CT molecular complexity index is 632. The van der Waals surface area contributed by atoms with Gasteiger partial charge in [-0.1, -0.05) is 12.8 Å². The zero-order chi connectivity index (χ0) is 14.7. The van der Waals surface area contributed by atoms with Crippen LogP contribution >= 0.6 is 0 Å². The molecule has 1 aliphatic rings. The van der Waals surface area contributed by atoms with Crippen molar-refractivity contribution in [3.63, 3.8) is 0 Å². The summed E-state index contributed by atoms with van der Waals surface area (Å²) in [5.41, 5.74) is 0.00457. The molecule has 1 N–H and O–H groups in total. The predicted octanol–water partition coefficient (Wildman–Crippen LogP) is 1.74. The first-order valence-electron chi connectivity index (χ1n) is 7.10. The predicted molar refractivity (Wildman–Crippen MR) is 76.8 cm³/mol. The summed E-state index contributed by atoms with van der Waals surface area (Å²) in [6.45, 7) is 1.99. The Kier molecular flexibility index (Phi) is 3.81. The van der Waals surface area contributed by atoms with Crippen molar-refractivity contribution in [1.29, 1.82) is 0 Å². The minimum atomic E-state index is -1.05. The summed E-state index contributed by atoms with van der Waals surface area (Å²) in [5, 5.41) is 12.9. The lowest BCUT2D eigenvalue weighted by atomic mass is 10.2. The van der Waals surface area contributed by atoms with E-state index in [9.17, 15) is 4.79 Å². The fourth-order valence-corrected chi connectivity index (χ4v) is 2.50. The Labute approximate surface area is 122 Å². The molecule has 3 heterocycles. The molecule has 0 bridgehead atoms. The summed E-state index contributed by atoms with van der Waals surface area (Å²) in [5.74, 6) is 0.404. The largest absolute Gasteiger partial charge is 0.476 e. The summed E-state index contributed by atoms with van der Waals surface area (Å²) in [6, 6.07) is 3.31. The van der Waals surface area contributed by atoms with Crippen LogP contribution < -0.4 is 4.90 Å². The molecule has 3 rings (SSSR count). The number of carbonyl (C=O) groups is 1. The minimum absolute atomic E-state index is 0.00457. The summed E-state index contributed by atoms with van der Waals surface area (Å²) >= 11 is 0. The lowest BCUT2D eigenvalue weighted by Gasteiger charge is -2.21. The molecule has 2 aromatic heterocycles. The van der Waals surface area contributed by atoms with Gasteiger partial charge in [-0.25, -0.2) is 19.4 Å². The first kappa shape index (κ1) is 13.5. The molecule has 2 aromatic rings. The third-order valence-electron chi connectivity index (χ3n) is 3.61. The van der Waals surface area contributed by atoms with Crippen LogP contribution in [0.2, 0.25) is 0 Å². The number of rotatable bonds is 3. The van der Waals surface area contributed by atoms with Gasteiger partial charge in [0.15, 0.2) is 11.5 Å². The highest BCUT2D eigenvalue weighted by Crippen LogP contribution is 2.18. The summed E-state index contributed by atoms with van der Waals surface area (Å²) in [4.78, 5) is 21.6. The van der Waals surface area contributed by atoms with Crippen molar-refractivity contribution in [2.75, 3.05) is 18.0 Å². The van der Waals surface area contributed by atoms with Crippen molar-refractivity contribution in [3.8, 4) is 5.82 Å². The van der Waals surface area contributed by atoms with Crippen LogP contribution in [0.1, 0.15) is 36.2 Å². The van der Waals surface area contributed by atoms with Gasteiger partial charge in [0.25, 0.3) is 0 Å². The number of anilines is 1. The van der Waals surface area contributed by atoms with Crippen molar-refractivity contribution < 1.29 is 9.90 Å². The summed E-state index contributed by atoms with van der Waals surface area (Å²) in [6.07, 6.45) is 7.95. The van der Waals surface area contributed by atoms with Crippen LogP contribution in [-0.4, -0.2) is 43.9 Å². The molecule has 0 saturated carbocycles. The molecule has 0 aliphatic carbocycles. The Morgan fingerprint density at radius 1 is 1.10 bits per heavy atom. The van der Waals surface area contributed by atoms with Crippen molar-refractivity contribution in [1.82, 2.24) is 19.7 Å². The molecule has 0 unspecified atom stereocenters. The van der Waals surface area contributed by atoms with Crippen LogP contribution in [0, 0.1) is 0 Å². The maximum atomic E-state index is 10.9. The number of nitrogens with zero attached hydrogens (tertiary/aromatic N) is 5. The highest BCUT2D eigenvalue weighted by molar-refractivity contribution is 5.85. The van der Waals surface area contributed by atoms with Crippen LogP contribution in [0.3, 0.4) is 0 Å². The second-order valence-corrected chi connectivity index (χ2v) is 5.09. The van der Waals surface area contributed by atoms with Gasteiger partial charge in [-0.2, -0.15) is 5.10 Å². The van der Waals surface area contributed by atoms with E-state index in [2.05, 4.69) is 20.0 Å². The van der Waals surface area contributed by atoms with Crippen LogP contribution in [0.4, 0.5) is 5.82 Å². The monoisotopic (exact) mass is 287 g/mol. The normalized spacial score (nSPS) is 15.7. The highest BCUT2D eigenvalue weighted by Gasteiger charge is 2.13. The number of aromatic carboxylic acids is 1. The zero-order valence-electron chi connectivity index (χ0n) is 11.6. The van der Waals surface area contributed by atoms with E-state index < -0.39 is 5.97 Å². The van der Waals surface area contributed by atoms with Crippen molar-refractivity contribution in [3.05, 3.63) is 30.4 Å². The fourth-order valence-electron chi connectivity index (χ4n) is 2.50. The van der Waals surface area contributed by atoms with E-state index in [0.717, 1.165) is 18.9 Å². The van der Waals surface area contributed by atoms with Gasteiger partial charge < -0.3 is 10.0 Å². The third-order valence-corrected chi connectivity index (χ3v) is 3.61. The van der Waals surface area contributed by atoms with Crippen LogP contribution in [0.15, 0.2) is 24.7 Å². The smallest absolute Gasteiger partial charge is 0.356 e. The lowest BCUT2D eigenvalue weighted by Crippen LogP contribution is -2.25. The number of aromatic nitrogens is 4. The molecule has 21 heavy (non-hydrogen) atoms. The summed E-state index contributed by atoms with van der Waals surface area (Å²) < 4.78 is 1.46. The summed E-state index contributed by atoms with van der Waals surface area (Å²) in [7, 11) is 0. The molecule has 0 spiro atoms. The molecule has 7 nitrogen and oxygen atoms in total. The molecule has 0 radical (unpaired) electrons. The molecule has 1 aliphatic heterocycles. The van der Waals surface area contributed by atoms with E-state index in [4.69, 9.17) is 5.11 Å². The van der Waals surface area contributed by atoms with Gasteiger partial charge in [0.2, 0.25) is 0 Å². The Hall–Kier alpha value is -2.44. The van der Waals surface area contributed by atoms with Gasteiger partial charge in [0.1, 0.15) is 12.1 Å². The Morgan fingerprint density at radius 2 is 1.81 bits per heavy atom. The lowest BCUT2D eigenvalue weighted by molar-refractivity contribution is 0.0690. The molecule has 7 heteroatoms. The Balaban J connectivity index is 1.86. The van der Waals surface area contributed by atoms with Gasteiger partial charge in [-0.15, -0.1) is 0 Å². The number of hydrogen-bond acceptors (Lipinski definition) is 5. The SMILES string of the molecule is O=C(O)c1ccn(-c2cc(N3CCCCCC3)ncn2)n1. The number of hydrogen-bond donors (Lipinski definition) is 1. The standard InChI is InChI=1S/C14H17N5O2/c20-14(21)11-5-8-19(17-11)13-9-12(15-10-16-13)18-6-3-1-2-4-7-18/h5,8-10H,1-4,6-7H2,(H,20,21). The van der Waals surface area contributed by atoms with Gasteiger partial charge >= 0.3 is 5.97 Å². The first-order valence-corrected chi connectivity index (χ1v) is 7.10. The van der Waals surface area contributed by atoms with Crippen LogP contribution in [0.5, 0.6) is 0 Å². The second kappa shape index (κ2) is 5.90. The quantitative estimate of drug-likeness (QED) is 0.925.